The molecule has 0 aromatic carbocycles. The van der Waals surface area contributed by atoms with E-state index >= 15 is 0 Å². The molecule has 13 heavy (non-hydrogen) atoms. The molecule has 0 radical (unpaired) electrons. The van der Waals surface area contributed by atoms with Gasteiger partial charge in [-0.1, -0.05) is 6.92 Å². The van der Waals surface area contributed by atoms with E-state index in [1.54, 1.807) is 7.11 Å². The van der Waals surface area contributed by atoms with Crippen molar-refractivity contribution in [3.8, 4) is 0 Å². The fraction of sp³-hybridized carbons (Fsp3) is 1.00. The first-order chi connectivity index (χ1) is 6.24. The molecule has 2 nitrogen and oxygen atoms in total. The molecule has 1 atom stereocenters. The normalized spacial score (nSPS) is 23.3. The van der Waals surface area contributed by atoms with E-state index in [1.807, 2.05) is 0 Å². The number of thiol groups is 1. The van der Waals surface area contributed by atoms with Gasteiger partial charge in [-0.3, -0.25) is 0 Å². The predicted molar refractivity (Wildman–Crippen MR) is 59.5 cm³/mol. The molecule has 0 spiro atoms. The van der Waals surface area contributed by atoms with E-state index in [0.29, 0.717) is 5.25 Å². The third kappa shape index (κ3) is 3.88. The zero-order chi connectivity index (χ0) is 9.68. The minimum absolute atomic E-state index is 0.560. The first-order valence-electron chi connectivity index (χ1n) is 5.13. The Hall–Kier alpha value is 0.270. The van der Waals surface area contributed by atoms with Gasteiger partial charge in [0.15, 0.2) is 0 Å². The third-order valence-corrected chi connectivity index (χ3v) is 3.35. The smallest absolute Gasteiger partial charge is 0.0589 e. The number of methoxy groups -OCH3 is 1. The molecular formula is C10H21NOS. The Bertz CT molecular complexity index is 133. The van der Waals surface area contributed by atoms with E-state index in [4.69, 9.17) is 4.74 Å². The molecule has 0 aromatic heterocycles. The Labute approximate surface area is 87.0 Å². The first kappa shape index (κ1) is 11.3. The van der Waals surface area contributed by atoms with Crippen LogP contribution in [-0.2, 0) is 4.74 Å². The van der Waals surface area contributed by atoms with Gasteiger partial charge in [-0.15, -0.1) is 0 Å². The van der Waals surface area contributed by atoms with Crippen LogP contribution < -0.4 is 0 Å². The number of hydrogen-bond donors (Lipinski definition) is 1. The summed E-state index contributed by atoms with van der Waals surface area (Å²) < 4.78 is 5.06. The zero-order valence-electron chi connectivity index (χ0n) is 8.70. The van der Waals surface area contributed by atoms with Crippen LogP contribution in [0.1, 0.15) is 19.8 Å². The monoisotopic (exact) mass is 203 g/mol. The molecule has 1 aliphatic heterocycles. The van der Waals surface area contributed by atoms with Crippen molar-refractivity contribution in [2.45, 2.75) is 25.0 Å². The van der Waals surface area contributed by atoms with E-state index in [9.17, 15) is 0 Å². The maximum absolute atomic E-state index is 5.06. The minimum atomic E-state index is 0.560. The molecule has 0 N–H and O–H groups in total. The Kier molecular flexibility index (Phi) is 5.14. The van der Waals surface area contributed by atoms with Gasteiger partial charge < -0.3 is 9.64 Å². The van der Waals surface area contributed by atoms with Gasteiger partial charge in [0, 0.05) is 18.9 Å². The SMILES string of the molecule is COCCN1CCC([C@H](C)S)CC1. The summed E-state index contributed by atoms with van der Waals surface area (Å²) in [6.07, 6.45) is 2.60. The molecular weight excluding hydrogens is 182 g/mol. The highest BCUT2D eigenvalue weighted by atomic mass is 32.1. The molecule has 3 heteroatoms. The predicted octanol–water partition coefficient (Wildman–Crippen LogP) is 1.66. The van der Waals surface area contributed by atoms with Crippen LogP contribution in [0.15, 0.2) is 0 Å². The van der Waals surface area contributed by atoms with Crippen molar-refractivity contribution in [3.05, 3.63) is 0 Å². The summed E-state index contributed by atoms with van der Waals surface area (Å²) in [5.74, 6) is 0.821. The molecule has 0 aromatic rings. The summed E-state index contributed by atoms with van der Waals surface area (Å²) in [6, 6.07) is 0. The number of rotatable bonds is 4. The topological polar surface area (TPSA) is 12.5 Å². The number of piperidine rings is 1. The molecule has 78 valence electrons. The fourth-order valence-electron chi connectivity index (χ4n) is 1.88. The van der Waals surface area contributed by atoms with E-state index in [0.717, 1.165) is 19.1 Å². The molecule has 0 amide bonds. The van der Waals surface area contributed by atoms with Gasteiger partial charge in [0.2, 0.25) is 0 Å². The number of nitrogens with zero attached hydrogens (tertiary/aromatic N) is 1. The van der Waals surface area contributed by atoms with Gasteiger partial charge in [0.05, 0.1) is 6.61 Å². The van der Waals surface area contributed by atoms with Gasteiger partial charge >= 0.3 is 0 Å². The lowest BCUT2D eigenvalue weighted by molar-refractivity contribution is 0.120. The van der Waals surface area contributed by atoms with Crippen LogP contribution in [-0.4, -0.2) is 43.5 Å². The highest BCUT2D eigenvalue weighted by molar-refractivity contribution is 7.80. The van der Waals surface area contributed by atoms with E-state index < -0.39 is 0 Å². The molecule has 1 saturated heterocycles. The van der Waals surface area contributed by atoms with Gasteiger partial charge in [-0.25, -0.2) is 0 Å². The van der Waals surface area contributed by atoms with E-state index in [-0.39, 0.29) is 0 Å². The minimum Gasteiger partial charge on any atom is -0.383 e. The van der Waals surface area contributed by atoms with Crippen molar-refractivity contribution in [2.75, 3.05) is 33.4 Å². The summed E-state index contributed by atoms with van der Waals surface area (Å²) in [5.41, 5.74) is 0. The van der Waals surface area contributed by atoms with Crippen LogP contribution >= 0.6 is 12.6 Å². The van der Waals surface area contributed by atoms with Crippen LogP contribution in [0.4, 0.5) is 0 Å². The summed E-state index contributed by atoms with van der Waals surface area (Å²) in [7, 11) is 1.77. The van der Waals surface area contributed by atoms with Crippen LogP contribution in [0.2, 0.25) is 0 Å². The Morgan fingerprint density at radius 2 is 2.08 bits per heavy atom. The lowest BCUT2D eigenvalue weighted by atomic mass is 9.94. The number of hydrogen-bond acceptors (Lipinski definition) is 3. The summed E-state index contributed by atoms with van der Waals surface area (Å²) in [5, 5.41) is 0.560. The van der Waals surface area contributed by atoms with Crippen molar-refractivity contribution in [3.63, 3.8) is 0 Å². The Morgan fingerprint density at radius 3 is 2.54 bits per heavy atom. The first-order valence-corrected chi connectivity index (χ1v) is 5.65. The lowest BCUT2D eigenvalue weighted by Crippen LogP contribution is -2.37. The molecule has 1 heterocycles. The van der Waals surface area contributed by atoms with Crippen molar-refractivity contribution in [1.82, 2.24) is 4.90 Å². The lowest BCUT2D eigenvalue weighted by Gasteiger charge is -2.33. The molecule has 1 rings (SSSR count). The van der Waals surface area contributed by atoms with Crippen molar-refractivity contribution < 1.29 is 4.74 Å². The second-order valence-electron chi connectivity index (χ2n) is 3.91. The summed E-state index contributed by atoms with van der Waals surface area (Å²) in [4.78, 5) is 2.48. The van der Waals surface area contributed by atoms with Crippen molar-refractivity contribution >= 4 is 12.6 Å². The molecule has 1 fully saturated rings. The highest BCUT2D eigenvalue weighted by Crippen LogP contribution is 2.23. The van der Waals surface area contributed by atoms with Gasteiger partial charge in [0.25, 0.3) is 0 Å². The second kappa shape index (κ2) is 5.89. The molecule has 0 aliphatic carbocycles. The molecule has 0 saturated carbocycles. The van der Waals surface area contributed by atoms with Gasteiger partial charge in [-0.2, -0.15) is 12.6 Å². The van der Waals surface area contributed by atoms with Gasteiger partial charge in [0.1, 0.15) is 0 Å². The Balaban J connectivity index is 2.15. The largest absolute Gasteiger partial charge is 0.383 e. The van der Waals surface area contributed by atoms with Crippen LogP contribution in [0, 0.1) is 5.92 Å². The number of ether oxygens (including phenoxy) is 1. The highest BCUT2D eigenvalue weighted by Gasteiger charge is 2.21. The number of likely N-dealkylation sites (tertiary alicyclic amines) is 1. The maximum atomic E-state index is 5.06. The van der Waals surface area contributed by atoms with E-state index in [1.165, 1.54) is 25.9 Å². The van der Waals surface area contributed by atoms with Gasteiger partial charge in [-0.05, 0) is 31.8 Å². The standard InChI is InChI=1S/C10H21NOS/c1-9(13)10-3-5-11(6-4-10)7-8-12-2/h9-10,13H,3-8H2,1-2H3/t9-/m0/s1. The maximum Gasteiger partial charge on any atom is 0.0589 e. The zero-order valence-corrected chi connectivity index (χ0v) is 9.59. The molecule has 0 bridgehead atoms. The van der Waals surface area contributed by atoms with Crippen molar-refractivity contribution in [1.29, 1.82) is 0 Å². The molecule has 1 aliphatic rings. The average Bonchev–Trinajstić information content (AvgIpc) is 2.15. The van der Waals surface area contributed by atoms with Crippen LogP contribution in [0.3, 0.4) is 0 Å². The molecule has 0 unspecified atom stereocenters. The average molecular weight is 203 g/mol. The Morgan fingerprint density at radius 1 is 1.46 bits per heavy atom. The third-order valence-electron chi connectivity index (χ3n) is 2.93. The van der Waals surface area contributed by atoms with Crippen LogP contribution in [0.5, 0.6) is 0 Å². The van der Waals surface area contributed by atoms with Crippen LogP contribution in [0.25, 0.3) is 0 Å². The second-order valence-corrected chi connectivity index (χ2v) is 4.73. The van der Waals surface area contributed by atoms with Crippen molar-refractivity contribution in [2.24, 2.45) is 5.92 Å². The quantitative estimate of drug-likeness (QED) is 0.698. The van der Waals surface area contributed by atoms with E-state index in [2.05, 4.69) is 24.5 Å². The fourth-order valence-corrected chi connectivity index (χ4v) is 2.18. The summed E-state index contributed by atoms with van der Waals surface area (Å²) in [6.45, 7) is 6.60. The summed E-state index contributed by atoms with van der Waals surface area (Å²) >= 11 is 4.50.